The fraction of sp³-hybridized carbons (Fsp3) is 0.0588. The van der Waals surface area contributed by atoms with Crippen molar-refractivity contribution in [2.45, 2.75) is 10.6 Å². The number of benzene rings is 2. The van der Waals surface area contributed by atoms with Gasteiger partial charge in [-0.15, -0.1) is 11.8 Å². The van der Waals surface area contributed by atoms with Crippen LogP contribution < -0.4 is 5.32 Å². The van der Waals surface area contributed by atoms with E-state index < -0.39 is 0 Å². The predicted molar refractivity (Wildman–Crippen MR) is 106 cm³/mol. The lowest BCUT2D eigenvalue weighted by atomic mass is 10.1. The highest BCUT2D eigenvalue weighted by atomic mass is 79.9. The third-order valence-electron chi connectivity index (χ3n) is 3.09. The topological polar surface area (TPSA) is 29.1 Å². The molecule has 2 aromatic carbocycles. The number of thioether (sulfide) groups is 2. The maximum Gasteiger partial charge on any atom is 0.263 e. The first-order chi connectivity index (χ1) is 11.1. The highest BCUT2D eigenvalue weighted by molar-refractivity contribution is 9.10. The molecule has 0 radical (unpaired) electrons. The predicted octanol–water partition coefficient (Wildman–Crippen LogP) is 5.23. The van der Waals surface area contributed by atoms with Gasteiger partial charge in [-0.3, -0.25) is 4.79 Å². The lowest BCUT2D eigenvalue weighted by molar-refractivity contribution is -0.115. The number of amides is 1. The van der Waals surface area contributed by atoms with Crippen LogP contribution in [0.25, 0.3) is 6.08 Å². The molecule has 0 bridgehead atoms. The van der Waals surface area contributed by atoms with Crippen LogP contribution in [0.15, 0.2) is 62.8 Å². The van der Waals surface area contributed by atoms with E-state index in [-0.39, 0.29) is 5.91 Å². The fourth-order valence-electron chi connectivity index (χ4n) is 2.07. The zero-order valence-electron chi connectivity index (χ0n) is 11.9. The number of nitrogens with one attached hydrogen (secondary N) is 1. The number of carbonyl (C=O) groups is 1. The molecule has 1 amide bonds. The number of thiocarbonyl (C=S) groups is 1. The Labute approximate surface area is 157 Å². The van der Waals surface area contributed by atoms with Gasteiger partial charge < -0.3 is 5.32 Å². The van der Waals surface area contributed by atoms with E-state index in [9.17, 15) is 4.79 Å². The van der Waals surface area contributed by atoms with E-state index in [0.29, 0.717) is 9.23 Å². The van der Waals surface area contributed by atoms with Gasteiger partial charge in [0.05, 0.1) is 4.91 Å². The average molecular weight is 422 g/mol. The zero-order chi connectivity index (χ0) is 16.2. The van der Waals surface area contributed by atoms with Gasteiger partial charge in [0.2, 0.25) is 0 Å². The van der Waals surface area contributed by atoms with Gasteiger partial charge in [-0.25, -0.2) is 0 Å². The van der Waals surface area contributed by atoms with Crippen molar-refractivity contribution >= 4 is 68.0 Å². The monoisotopic (exact) mass is 421 g/mol. The minimum absolute atomic E-state index is 0.117. The first-order valence-corrected chi connectivity index (χ1v) is 9.83. The van der Waals surface area contributed by atoms with Crippen LogP contribution in [0.4, 0.5) is 0 Å². The summed E-state index contributed by atoms with van der Waals surface area (Å²) >= 11 is 11.6. The summed E-state index contributed by atoms with van der Waals surface area (Å²) in [5.74, 6) is 0.763. The van der Waals surface area contributed by atoms with Gasteiger partial charge in [-0.2, -0.15) is 0 Å². The molecule has 0 aromatic heterocycles. The van der Waals surface area contributed by atoms with Gasteiger partial charge >= 0.3 is 0 Å². The second-order valence-corrected chi connectivity index (χ2v) is 8.53. The van der Waals surface area contributed by atoms with Crippen LogP contribution in [0.5, 0.6) is 0 Å². The molecule has 2 nitrogen and oxygen atoms in total. The van der Waals surface area contributed by atoms with Gasteiger partial charge in [0, 0.05) is 15.1 Å². The molecule has 0 saturated carbocycles. The summed E-state index contributed by atoms with van der Waals surface area (Å²) < 4.78 is 1.60. The van der Waals surface area contributed by atoms with Crippen molar-refractivity contribution < 1.29 is 4.79 Å². The first-order valence-electron chi connectivity index (χ1n) is 6.82. The Hall–Kier alpha value is -1.08. The normalized spacial score (nSPS) is 16.0. The highest BCUT2D eigenvalue weighted by Crippen LogP contribution is 2.28. The third kappa shape index (κ3) is 4.70. The van der Waals surface area contributed by atoms with Crippen molar-refractivity contribution in [2.75, 3.05) is 0 Å². The first kappa shape index (κ1) is 16.8. The molecule has 0 spiro atoms. The molecule has 1 aliphatic heterocycles. The van der Waals surface area contributed by atoms with E-state index in [1.54, 1.807) is 11.8 Å². The van der Waals surface area contributed by atoms with Crippen LogP contribution >= 0.6 is 51.7 Å². The van der Waals surface area contributed by atoms with Gasteiger partial charge in [0.1, 0.15) is 4.32 Å². The Morgan fingerprint density at radius 3 is 2.78 bits per heavy atom. The Bertz CT molecular complexity index is 804. The molecule has 6 heteroatoms. The molecule has 23 heavy (non-hydrogen) atoms. The van der Waals surface area contributed by atoms with Crippen LogP contribution in [-0.2, 0) is 10.5 Å². The number of rotatable bonds is 4. The van der Waals surface area contributed by atoms with Gasteiger partial charge in [0.25, 0.3) is 5.91 Å². The van der Waals surface area contributed by atoms with Crippen molar-refractivity contribution in [1.82, 2.24) is 5.32 Å². The Morgan fingerprint density at radius 1 is 1.22 bits per heavy atom. The minimum Gasteiger partial charge on any atom is -0.307 e. The molecule has 0 unspecified atom stereocenters. The smallest absolute Gasteiger partial charge is 0.263 e. The van der Waals surface area contributed by atoms with E-state index in [4.69, 9.17) is 12.2 Å². The number of halogens is 1. The van der Waals surface area contributed by atoms with Crippen LogP contribution in [0.2, 0.25) is 0 Å². The van der Waals surface area contributed by atoms with Crippen LogP contribution in [0.1, 0.15) is 11.1 Å². The van der Waals surface area contributed by atoms with Crippen molar-refractivity contribution in [1.29, 1.82) is 0 Å². The summed E-state index contributed by atoms with van der Waals surface area (Å²) in [7, 11) is 0. The number of hydrogen-bond donors (Lipinski definition) is 1. The second kappa shape index (κ2) is 7.66. The third-order valence-corrected chi connectivity index (χ3v) is 5.81. The molecular weight excluding hydrogens is 410 g/mol. The molecule has 1 N–H and O–H groups in total. The van der Waals surface area contributed by atoms with Crippen LogP contribution in [-0.4, -0.2) is 10.2 Å². The summed E-state index contributed by atoms with van der Waals surface area (Å²) in [5.41, 5.74) is 2.23. The molecule has 3 rings (SSSR count). The Balaban J connectivity index is 1.71. The highest BCUT2D eigenvalue weighted by Gasteiger charge is 2.21. The van der Waals surface area contributed by atoms with Crippen LogP contribution in [0.3, 0.4) is 0 Å². The number of carbonyl (C=O) groups excluding carboxylic acids is 1. The summed E-state index contributed by atoms with van der Waals surface area (Å²) in [6, 6.07) is 16.5. The Kier molecular flexibility index (Phi) is 5.58. The summed E-state index contributed by atoms with van der Waals surface area (Å²) in [6.45, 7) is 0. The molecule has 0 atom stereocenters. The maximum atomic E-state index is 11.7. The van der Waals surface area contributed by atoms with Gasteiger partial charge in [-0.1, -0.05) is 70.2 Å². The second-order valence-electron chi connectivity index (χ2n) is 4.84. The lowest BCUT2D eigenvalue weighted by Gasteiger charge is -2.04. The van der Waals surface area contributed by atoms with Crippen LogP contribution in [0, 0.1) is 0 Å². The zero-order valence-corrected chi connectivity index (χ0v) is 15.9. The lowest BCUT2D eigenvalue weighted by Crippen LogP contribution is -2.17. The van der Waals surface area contributed by atoms with E-state index in [2.05, 4.69) is 45.5 Å². The van der Waals surface area contributed by atoms with Crippen molar-refractivity contribution in [3.63, 3.8) is 0 Å². The molecular formula is C17H12BrNOS3. The standard InChI is InChI=1S/C17H12BrNOS3/c18-13-5-2-6-14(9-13)22-10-12-4-1-3-11(7-12)8-15-16(20)19-17(21)23-15/h1-9H,10H2,(H,19,20,21). The van der Waals surface area contributed by atoms with Crippen molar-refractivity contribution in [3.05, 3.63) is 69.0 Å². The summed E-state index contributed by atoms with van der Waals surface area (Å²) in [6.07, 6.45) is 1.88. The number of hydrogen-bond acceptors (Lipinski definition) is 4. The minimum atomic E-state index is -0.117. The molecule has 2 aromatic rings. The SMILES string of the molecule is O=C1NC(=S)SC1=Cc1cccc(CSc2cccc(Br)c2)c1. The fourth-order valence-corrected chi connectivity index (χ4v) is 4.56. The van der Waals surface area contributed by atoms with E-state index >= 15 is 0 Å². The molecule has 116 valence electrons. The Morgan fingerprint density at radius 2 is 2.04 bits per heavy atom. The molecule has 1 aliphatic rings. The van der Waals surface area contributed by atoms with Crippen molar-refractivity contribution in [2.24, 2.45) is 0 Å². The van der Waals surface area contributed by atoms with Gasteiger partial charge in [0.15, 0.2) is 0 Å². The molecule has 1 fully saturated rings. The maximum absolute atomic E-state index is 11.7. The summed E-state index contributed by atoms with van der Waals surface area (Å²) in [5, 5.41) is 2.63. The molecule has 1 heterocycles. The van der Waals surface area contributed by atoms with E-state index in [1.165, 1.54) is 22.2 Å². The van der Waals surface area contributed by atoms with Gasteiger partial charge in [-0.05, 0) is 35.4 Å². The quantitative estimate of drug-likeness (QED) is 0.415. The van der Waals surface area contributed by atoms with E-state index in [1.807, 2.05) is 30.3 Å². The average Bonchev–Trinajstić information content (AvgIpc) is 2.83. The summed E-state index contributed by atoms with van der Waals surface area (Å²) in [4.78, 5) is 13.6. The molecule has 0 aliphatic carbocycles. The van der Waals surface area contributed by atoms with E-state index in [0.717, 1.165) is 15.8 Å². The molecule has 1 saturated heterocycles. The van der Waals surface area contributed by atoms with Crippen molar-refractivity contribution in [3.8, 4) is 0 Å². The largest absolute Gasteiger partial charge is 0.307 e.